The molecule has 142 valence electrons. The van der Waals surface area contributed by atoms with Crippen LogP contribution in [0, 0.1) is 0 Å². The number of hydrogen-bond donors (Lipinski definition) is 0. The van der Waals surface area contributed by atoms with Crippen molar-refractivity contribution in [1.29, 1.82) is 0 Å². The van der Waals surface area contributed by atoms with E-state index in [1.807, 2.05) is 12.1 Å². The Morgan fingerprint density at radius 3 is 1.30 bits per heavy atom. The summed E-state index contributed by atoms with van der Waals surface area (Å²) >= 11 is 0. The highest BCUT2D eigenvalue weighted by atomic mass is 15.1. The lowest BCUT2D eigenvalue weighted by atomic mass is 10.0. The van der Waals surface area contributed by atoms with E-state index in [0.717, 1.165) is 11.4 Å². The average molecular weight is 388 g/mol. The summed E-state index contributed by atoms with van der Waals surface area (Å²) < 4.78 is 8.54. The van der Waals surface area contributed by atoms with Crippen LogP contribution in [0.15, 0.2) is 122 Å². The lowest BCUT2D eigenvalue weighted by Gasteiger charge is -2.03. The molecule has 4 aromatic heterocycles. The third-order valence-corrected chi connectivity index (χ3v) is 5.55. The Morgan fingerprint density at radius 1 is 0.467 bits per heavy atom. The van der Waals surface area contributed by atoms with Crippen LogP contribution in [0.25, 0.3) is 33.5 Å². The Balaban J connectivity index is 1.28. The maximum absolute atomic E-state index is 2.18. The van der Waals surface area contributed by atoms with Gasteiger partial charge in [0, 0.05) is 0 Å². The predicted octanol–water partition coefficient (Wildman–Crippen LogP) is 4.41. The summed E-state index contributed by atoms with van der Waals surface area (Å²) in [5, 5.41) is 0. The van der Waals surface area contributed by atoms with E-state index in [1.165, 1.54) is 22.2 Å². The second kappa shape index (κ2) is 6.71. The maximum atomic E-state index is 2.18. The second-order valence-corrected chi connectivity index (χ2v) is 7.46. The van der Waals surface area contributed by atoms with Crippen LogP contribution in [0.3, 0.4) is 0 Å². The van der Waals surface area contributed by atoms with Gasteiger partial charge in [-0.3, -0.25) is 0 Å². The molecule has 4 nitrogen and oxygen atoms in total. The van der Waals surface area contributed by atoms with Gasteiger partial charge in [-0.25, -0.2) is 17.9 Å². The summed E-state index contributed by atoms with van der Waals surface area (Å²) in [5.74, 6) is 0. The number of hydrogen-bond acceptors (Lipinski definition) is 0. The van der Waals surface area contributed by atoms with Gasteiger partial charge in [0.1, 0.15) is 23.8 Å². The van der Waals surface area contributed by atoms with Gasteiger partial charge < -0.3 is 0 Å². The SMILES string of the molecule is c1ccn2c[n+](-c3ccc(-c4ccc(-[n+]5cc6ccccn6c5)cc4)cc3)cc2c1. The zero-order valence-electron chi connectivity index (χ0n) is 16.3. The first-order chi connectivity index (χ1) is 14.8. The minimum Gasteiger partial charge on any atom is -0.202 e. The Morgan fingerprint density at radius 2 is 0.900 bits per heavy atom. The molecule has 6 aromatic rings. The molecule has 0 unspecified atom stereocenters. The lowest BCUT2D eigenvalue weighted by Crippen LogP contribution is -2.27. The Labute approximate surface area is 174 Å². The molecule has 0 spiro atoms. The van der Waals surface area contributed by atoms with Gasteiger partial charge >= 0.3 is 0 Å². The molecule has 0 N–H and O–H groups in total. The van der Waals surface area contributed by atoms with Gasteiger partial charge in [0.15, 0.2) is 11.0 Å². The second-order valence-electron chi connectivity index (χ2n) is 7.46. The minimum atomic E-state index is 1.15. The Bertz CT molecular complexity index is 1290. The molecule has 0 saturated carbocycles. The van der Waals surface area contributed by atoms with Gasteiger partial charge in [-0.2, -0.15) is 0 Å². The van der Waals surface area contributed by atoms with Crippen molar-refractivity contribution in [3.8, 4) is 22.5 Å². The average Bonchev–Trinajstić information content (AvgIpc) is 3.44. The summed E-state index contributed by atoms with van der Waals surface area (Å²) in [4.78, 5) is 0. The van der Waals surface area contributed by atoms with Gasteiger partial charge in [0.05, 0.1) is 12.4 Å². The van der Waals surface area contributed by atoms with E-state index in [-0.39, 0.29) is 0 Å². The van der Waals surface area contributed by atoms with Gasteiger partial charge in [-0.1, -0.05) is 36.4 Å². The van der Waals surface area contributed by atoms with Crippen molar-refractivity contribution < 1.29 is 9.13 Å². The third-order valence-electron chi connectivity index (χ3n) is 5.55. The van der Waals surface area contributed by atoms with Crippen LogP contribution in [0.1, 0.15) is 0 Å². The van der Waals surface area contributed by atoms with Gasteiger partial charge in [-0.05, 0) is 59.7 Å². The van der Waals surface area contributed by atoms with Gasteiger partial charge in [0.2, 0.25) is 0 Å². The van der Waals surface area contributed by atoms with Crippen molar-refractivity contribution in [3.05, 3.63) is 122 Å². The van der Waals surface area contributed by atoms with Gasteiger partial charge in [-0.15, -0.1) is 0 Å². The molecule has 0 saturated heterocycles. The highest BCUT2D eigenvalue weighted by molar-refractivity contribution is 5.65. The van der Waals surface area contributed by atoms with E-state index in [1.54, 1.807) is 0 Å². The highest BCUT2D eigenvalue weighted by Crippen LogP contribution is 2.21. The molecule has 2 aromatic carbocycles. The third kappa shape index (κ3) is 2.86. The van der Waals surface area contributed by atoms with Crippen LogP contribution in [0.4, 0.5) is 0 Å². The smallest absolute Gasteiger partial charge is 0.202 e. The molecule has 0 radical (unpaired) electrons. The number of aromatic nitrogens is 4. The lowest BCUT2D eigenvalue weighted by molar-refractivity contribution is -0.594. The Hall–Kier alpha value is -4.18. The molecule has 0 bridgehead atoms. The van der Waals surface area contributed by atoms with E-state index in [9.17, 15) is 0 Å². The highest BCUT2D eigenvalue weighted by Gasteiger charge is 2.10. The predicted molar refractivity (Wildman–Crippen MR) is 117 cm³/mol. The van der Waals surface area contributed by atoms with Crippen molar-refractivity contribution >= 4 is 11.0 Å². The van der Waals surface area contributed by atoms with Gasteiger partial charge in [0.25, 0.3) is 12.7 Å². The summed E-state index contributed by atoms with van der Waals surface area (Å²) in [6.07, 6.45) is 12.6. The summed E-state index contributed by atoms with van der Waals surface area (Å²) in [6, 6.07) is 29.8. The zero-order chi connectivity index (χ0) is 19.9. The first kappa shape index (κ1) is 16.7. The first-order valence-electron chi connectivity index (χ1n) is 10.0. The first-order valence-corrected chi connectivity index (χ1v) is 10.0. The number of pyridine rings is 2. The number of nitrogens with zero attached hydrogens (tertiary/aromatic N) is 4. The molecular weight excluding hydrogens is 368 g/mol. The van der Waals surface area contributed by atoms with E-state index in [4.69, 9.17) is 0 Å². The maximum Gasteiger partial charge on any atom is 0.254 e. The number of fused-ring (bicyclic) bond motifs is 2. The largest absolute Gasteiger partial charge is 0.254 e. The fraction of sp³-hybridized carbons (Fsp3) is 0. The zero-order valence-corrected chi connectivity index (χ0v) is 16.3. The van der Waals surface area contributed by atoms with Crippen molar-refractivity contribution in [3.63, 3.8) is 0 Å². The topological polar surface area (TPSA) is 16.6 Å². The molecule has 0 aliphatic rings. The molecular formula is C26H20N4+2. The molecule has 6 rings (SSSR count). The van der Waals surface area contributed by atoms with Crippen LogP contribution in [-0.2, 0) is 0 Å². The molecule has 30 heavy (non-hydrogen) atoms. The molecule has 0 atom stereocenters. The number of benzene rings is 2. The van der Waals surface area contributed by atoms with E-state index in [2.05, 4.69) is 128 Å². The van der Waals surface area contributed by atoms with Crippen LogP contribution in [-0.4, -0.2) is 8.80 Å². The normalized spacial score (nSPS) is 11.3. The van der Waals surface area contributed by atoms with Crippen molar-refractivity contribution in [2.45, 2.75) is 0 Å². The summed E-state index contributed by atoms with van der Waals surface area (Å²) in [7, 11) is 0. The Kier molecular flexibility index (Phi) is 3.74. The number of imidazole rings is 2. The summed E-state index contributed by atoms with van der Waals surface area (Å²) in [5.41, 5.74) is 7.06. The molecule has 0 amide bonds. The molecule has 0 fully saturated rings. The fourth-order valence-corrected chi connectivity index (χ4v) is 3.92. The standard InChI is InChI=1S/C26H20N4/c1-3-15-27-19-29(17-25(27)5-1)23-11-7-21(8-12-23)22-9-13-24(14-10-22)30-18-26-6-2-4-16-28(26)20-30/h1-20H/q+2. The van der Waals surface area contributed by atoms with Crippen LogP contribution < -0.4 is 9.13 Å². The number of rotatable bonds is 3. The van der Waals surface area contributed by atoms with Crippen molar-refractivity contribution in [1.82, 2.24) is 8.80 Å². The molecule has 4 heterocycles. The van der Waals surface area contributed by atoms with E-state index in [0.29, 0.717) is 0 Å². The van der Waals surface area contributed by atoms with Crippen LogP contribution in [0.5, 0.6) is 0 Å². The quantitative estimate of drug-likeness (QED) is 0.400. The van der Waals surface area contributed by atoms with Crippen molar-refractivity contribution in [2.75, 3.05) is 0 Å². The minimum absolute atomic E-state index is 1.15. The van der Waals surface area contributed by atoms with E-state index < -0.39 is 0 Å². The van der Waals surface area contributed by atoms with Crippen molar-refractivity contribution in [2.24, 2.45) is 0 Å². The summed E-state index contributed by atoms with van der Waals surface area (Å²) in [6.45, 7) is 0. The monoisotopic (exact) mass is 388 g/mol. The molecule has 0 aliphatic heterocycles. The fourth-order valence-electron chi connectivity index (χ4n) is 3.92. The molecule has 0 aliphatic carbocycles. The van der Waals surface area contributed by atoms with Crippen LogP contribution >= 0.6 is 0 Å². The van der Waals surface area contributed by atoms with E-state index >= 15 is 0 Å². The molecule has 4 heteroatoms. The van der Waals surface area contributed by atoms with Crippen LogP contribution in [0.2, 0.25) is 0 Å².